The molecule has 134 valence electrons. The van der Waals surface area contributed by atoms with Gasteiger partial charge in [-0.25, -0.2) is 0 Å². The second kappa shape index (κ2) is 10.1. The van der Waals surface area contributed by atoms with Gasteiger partial charge >= 0.3 is 0 Å². The van der Waals surface area contributed by atoms with Crippen molar-refractivity contribution in [3.05, 3.63) is 0 Å². The Bertz CT molecular complexity index is 349. The fourth-order valence-corrected chi connectivity index (χ4v) is 3.77. The Labute approximate surface area is 142 Å². The van der Waals surface area contributed by atoms with Crippen molar-refractivity contribution in [2.45, 2.75) is 52.0 Å². The van der Waals surface area contributed by atoms with E-state index in [0.717, 1.165) is 31.5 Å². The quantitative estimate of drug-likeness (QED) is 0.426. The molecule has 23 heavy (non-hydrogen) atoms. The molecule has 2 aliphatic heterocycles. The summed E-state index contributed by atoms with van der Waals surface area (Å²) in [5.74, 6) is 1.88. The predicted octanol–water partition coefficient (Wildman–Crippen LogP) is 1.76. The first-order valence-corrected chi connectivity index (χ1v) is 9.63. The van der Waals surface area contributed by atoms with Crippen LogP contribution in [0.25, 0.3) is 0 Å². The lowest BCUT2D eigenvalue weighted by atomic mass is 9.99. The van der Waals surface area contributed by atoms with Crippen molar-refractivity contribution in [1.29, 1.82) is 0 Å². The van der Waals surface area contributed by atoms with E-state index in [1.807, 2.05) is 7.05 Å². The van der Waals surface area contributed by atoms with Gasteiger partial charge in [0.15, 0.2) is 5.96 Å². The molecule has 2 N–H and O–H groups in total. The van der Waals surface area contributed by atoms with Crippen molar-refractivity contribution in [2.24, 2.45) is 10.9 Å². The molecule has 2 aliphatic rings. The van der Waals surface area contributed by atoms with Gasteiger partial charge in [-0.05, 0) is 70.7 Å². The molecule has 2 rings (SSSR count). The Kier molecular flexibility index (Phi) is 8.17. The first kappa shape index (κ1) is 18.5. The van der Waals surface area contributed by atoms with E-state index in [-0.39, 0.29) is 0 Å². The van der Waals surface area contributed by atoms with Gasteiger partial charge in [0, 0.05) is 26.2 Å². The average molecular weight is 324 g/mol. The highest BCUT2D eigenvalue weighted by Crippen LogP contribution is 2.16. The number of hydrogen-bond donors (Lipinski definition) is 2. The average Bonchev–Trinajstić information content (AvgIpc) is 3.03. The first-order chi connectivity index (χ1) is 11.2. The number of likely N-dealkylation sites (tertiary alicyclic amines) is 2. The molecule has 2 fully saturated rings. The van der Waals surface area contributed by atoms with Crippen molar-refractivity contribution in [1.82, 2.24) is 20.4 Å². The molecule has 0 aromatic carbocycles. The van der Waals surface area contributed by atoms with Crippen LogP contribution < -0.4 is 10.6 Å². The standard InChI is InChI=1S/C18H37N5/c1-4-23-12-5-7-17(23)15-21-18(19-3)20-10-6-11-22-13-8-16(2)9-14-22/h16-17H,4-15H2,1-3H3,(H2,19,20,21). The molecule has 0 spiro atoms. The van der Waals surface area contributed by atoms with Gasteiger partial charge in [-0.3, -0.25) is 9.89 Å². The van der Waals surface area contributed by atoms with Crippen LogP contribution >= 0.6 is 0 Å². The third kappa shape index (κ3) is 6.30. The molecule has 0 bridgehead atoms. The number of rotatable bonds is 7. The first-order valence-electron chi connectivity index (χ1n) is 9.63. The van der Waals surface area contributed by atoms with Crippen molar-refractivity contribution < 1.29 is 0 Å². The van der Waals surface area contributed by atoms with Gasteiger partial charge in [0.2, 0.25) is 0 Å². The molecule has 5 nitrogen and oxygen atoms in total. The minimum Gasteiger partial charge on any atom is -0.356 e. The Morgan fingerprint density at radius 2 is 1.91 bits per heavy atom. The minimum absolute atomic E-state index is 0.675. The van der Waals surface area contributed by atoms with E-state index in [9.17, 15) is 0 Å². The zero-order chi connectivity index (χ0) is 16.5. The van der Waals surface area contributed by atoms with Crippen molar-refractivity contribution >= 4 is 5.96 Å². The third-order valence-corrected chi connectivity index (χ3v) is 5.45. The molecule has 2 heterocycles. The third-order valence-electron chi connectivity index (χ3n) is 5.45. The Morgan fingerprint density at radius 3 is 2.61 bits per heavy atom. The largest absolute Gasteiger partial charge is 0.356 e. The van der Waals surface area contributed by atoms with Crippen LogP contribution in [0.5, 0.6) is 0 Å². The van der Waals surface area contributed by atoms with E-state index in [4.69, 9.17) is 0 Å². The van der Waals surface area contributed by atoms with E-state index < -0.39 is 0 Å². The van der Waals surface area contributed by atoms with Gasteiger partial charge in [-0.1, -0.05) is 13.8 Å². The molecule has 0 aromatic heterocycles. The number of nitrogens with one attached hydrogen (secondary N) is 2. The van der Waals surface area contributed by atoms with Gasteiger partial charge in [-0.2, -0.15) is 0 Å². The Morgan fingerprint density at radius 1 is 1.13 bits per heavy atom. The molecule has 1 unspecified atom stereocenters. The predicted molar refractivity (Wildman–Crippen MR) is 99.1 cm³/mol. The van der Waals surface area contributed by atoms with Gasteiger partial charge in [-0.15, -0.1) is 0 Å². The zero-order valence-electron chi connectivity index (χ0n) is 15.5. The lowest BCUT2D eigenvalue weighted by Crippen LogP contribution is -2.45. The van der Waals surface area contributed by atoms with Crippen molar-refractivity contribution in [3.63, 3.8) is 0 Å². The van der Waals surface area contributed by atoms with Gasteiger partial charge in [0.25, 0.3) is 0 Å². The van der Waals surface area contributed by atoms with Crippen LogP contribution in [0.3, 0.4) is 0 Å². The van der Waals surface area contributed by atoms with Crippen LogP contribution in [0.4, 0.5) is 0 Å². The SMILES string of the molecule is CCN1CCCC1CNC(=NC)NCCCN1CCC(C)CC1. The Balaban J connectivity index is 1.56. The van der Waals surface area contributed by atoms with Crippen LogP contribution in [-0.4, -0.2) is 74.7 Å². The number of nitrogens with zero attached hydrogens (tertiary/aromatic N) is 3. The minimum atomic E-state index is 0.675. The number of likely N-dealkylation sites (N-methyl/N-ethyl adjacent to an activating group) is 1. The van der Waals surface area contributed by atoms with E-state index in [1.165, 1.54) is 58.3 Å². The van der Waals surface area contributed by atoms with E-state index in [0.29, 0.717) is 6.04 Å². The highest BCUT2D eigenvalue weighted by atomic mass is 15.2. The number of hydrogen-bond acceptors (Lipinski definition) is 3. The smallest absolute Gasteiger partial charge is 0.191 e. The Hall–Kier alpha value is -0.810. The molecule has 0 saturated carbocycles. The second-order valence-corrected chi connectivity index (χ2v) is 7.18. The lowest BCUT2D eigenvalue weighted by Gasteiger charge is -2.30. The summed E-state index contributed by atoms with van der Waals surface area (Å²) >= 11 is 0. The summed E-state index contributed by atoms with van der Waals surface area (Å²) in [7, 11) is 1.87. The summed E-state index contributed by atoms with van der Waals surface area (Å²) in [4.78, 5) is 9.53. The lowest BCUT2D eigenvalue weighted by molar-refractivity contribution is 0.191. The van der Waals surface area contributed by atoms with Crippen LogP contribution in [0.1, 0.15) is 46.0 Å². The number of guanidine groups is 1. The topological polar surface area (TPSA) is 42.9 Å². The summed E-state index contributed by atoms with van der Waals surface area (Å²) in [5, 5.41) is 6.97. The van der Waals surface area contributed by atoms with Crippen molar-refractivity contribution in [3.8, 4) is 0 Å². The molecular formula is C18H37N5. The summed E-state index contributed by atoms with van der Waals surface area (Å²) in [6.07, 6.45) is 6.57. The van der Waals surface area contributed by atoms with Crippen LogP contribution in [-0.2, 0) is 0 Å². The summed E-state index contributed by atoms with van der Waals surface area (Å²) in [5.41, 5.74) is 0. The molecule has 0 amide bonds. The van der Waals surface area contributed by atoms with Gasteiger partial charge in [0.1, 0.15) is 0 Å². The van der Waals surface area contributed by atoms with E-state index in [1.54, 1.807) is 0 Å². The molecule has 0 aromatic rings. The zero-order valence-corrected chi connectivity index (χ0v) is 15.5. The highest BCUT2D eigenvalue weighted by Gasteiger charge is 2.22. The molecular weight excluding hydrogens is 286 g/mol. The fourth-order valence-electron chi connectivity index (χ4n) is 3.77. The molecule has 2 saturated heterocycles. The normalized spacial score (nSPS) is 25.0. The van der Waals surface area contributed by atoms with E-state index in [2.05, 4.69) is 39.3 Å². The summed E-state index contributed by atoms with van der Waals surface area (Å²) < 4.78 is 0. The number of aliphatic imine (C=N–C) groups is 1. The van der Waals surface area contributed by atoms with Gasteiger partial charge in [0.05, 0.1) is 0 Å². The number of piperidine rings is 1. The van der Waals surface area contributed by atoms with Crippen molar-refractivity contribution in [2.75, 3.05) is 52.9 Å². The van der Waals surface area contributed by atoms with Gasteiger partial charge < -0.3 is 15.5 Å². The van der Waals surface area contributed by atoms with Crippen LogP contribution in [0.15, 0.2) is 4.99 Å². The monoisotopic (exact) mass is 323 g/mol. The molecule has 0 aliphatic carbocycles. The molecule has 1 atom stereocenters. The van der Waals surface area contributed by atoms with Crippen LogP contribution in [0.2, 0.25) is 0 Å². The maximum atomic E-state index is 4.36. The fraction of sp³-hybridized carbons (Fsp3) is 0.944. The summed E-state index contributed by atoms with van der Waals surface area (Å²) in [6.45, 7) is 12.8. The highest BCUT2D eigenvalue weighted by molar-refractivity contribution is 5.79. The molecule has 0 radical (unpaired) electrons. The maximum Gasteiger partial charge on any atom is 0.191 e. The second-order valence-electron chi connectivity index (χ2n) is 7.18. The molecule has 5 heteroatoms. The van der Waals surface area contributed by atoms with Crippen LogP contribution in [0, 0.1) is 5.92 Å². The van der Waals surface area contributed by atoms with E-state index >= 15 is 0 Å². The summed E-state index contributed by atoms with van der Waals surface area (Å²) in [6, 6.07) is 0.675. The maximum absolute atomic E-state index is 4.36.